The second-order valence-corrected chi connectivity index (χ2v) is 3.75. The van der Waals surface area contributed by atoms with E-state index in [0.717, 1.165) is 6.42 Å². The Bertz CT molecular complexity index is 298. The van der Waals surface area contributed by atoms with Gasteiger partial charge in [0.1, 0.15) is 0 Å². The second-order valence-electron chi connectivity index (χ2n) is 3.75. The highest BCUT2D eigenvalue weighted by molar-refractivity contribution is 5.75. The smallest absolute Gasteiger partial charge is 0.221 e. The molecule has 1 amide bonds. The topological polar surface area (TPSA) is 67.2 Å². The zero-order valence-corrected chi connectivity index (χ0v) is 9.59. The van der Waals surface area contributed by atoms with Crippen LogP contribution in [0.15, 0.2) is 18.7 Å². The fourth-order valence-corrected chi connectivity index (χ4v) is 1.32. The van der Waals surface area contributed by atoms with Crippen molar-refractivity contribution in [3.8, 4) is 0 Å². The van der Waals surface area contributed by atoms with E-state index < -0.39 is 0 Å². The van der Waals surface area contributed by atoms with Crippen molar-refractivity contribution >= 4 is 5.91 Å². The molecule has 1 aromatic rings. The van der Waals surface area contributed by atoms with Gasteiger partial charge in [0.25, 0.3) is 0 Å². The molecular weight excluding hydrogens is 206 g/mol. The molecule has 16 heavy (non-hydrogen) atoms. The van der Waals surface area contributed by atoms with Crippen LogP contribution in [0.1, 0.15) is 26.2 Å². The van der Waals surface area contributed by atoms with Gasteiger partial charge in [-0.2, -0.15) is 0 Å². The number of amides is 1. The van der Waals surface area contributed by atoms with E-state index in [1.165, 1.54) is 0 Å². The maximum atomic E-state index is 11.4. The van der Waals surface area contributed by atoms with Gasteiger partial charge in [-0.15, -0.1) is 0 Å². The van der Waals surface area contributed by atoms with Crippen molar-refractivity contribution in [1.82, 2.24) is 14.9 Å². The minimum atomic E-state index is -0.311. The van der Waals surface area contributed by atoms with Crippen molar-refractivity contribution in [2.45, 2.75) is 38.8 Å². The van der Waals surface area contributed by atoms with E-state index >= 15 is 0 Å². The molecule has 0 fully saturated rings. The molecule has 0 spiro atoms. The van der Waals surface area contributed by atoms with Crippen LogP contribution in [-0.2, 0) is 11.3 Å². The fourth-order valence-electron chi connectivity index (χ4n) is 1.32. The number of aromatic nitrogens is 2. The summed E-state index contributed by atoms with van der Waals surface area (Å²) in [5, 5.41) is 12.1. The maximum Gasteiger partial charge on any atom is 0.221 e. The number of aryl methyl sites for hydroxylation is 1. The minimum Gasteiger partial charge on any atom is -0.393 e. The van der Waals surface area contributed by atoms with Crippen LogP contribution in [0.5, 0.6) is 0 Å². The van der Waals surface area contributed by atoms with E-state index in [1.807, 2.05) is 17.7 Å². The molecule has 0 bridgehead atoms. The molecule has 0 aliphatic carbocycles. The highest BCUT2D eigenvalue weighted by Gasteiger charge is 2.03. The number of carbonyl (C=O) groups is 1. The summed E-state index contributed by atoms with van der Waals surface area (Å²) in [4.78, 5) is 15.3. The summed E-state index contributed by atoms with van der Waals surface area (Å²) < 4.78 is 1.86. The van der Waals surface area contributed by atoms with Gasteiger partial charge in [-0.3, -0.25) is 4.79 Å². The molecule has 0 radical (unpaired) electrons. The Morgan fingerprint density at radius 3 is 3.06 bits per heavy atom. The van der Waals surface area contributed by atoms with Crippen LogP contribution in [0, 0.1) is 0 Å². The number of hydrogen-bond donors (Lipinski definition) is 2. The third kappa shape index (κ3) is 4.93. The summed E-state index contributed by atoms with van der Waals surface area (Å²) in [6.45, 7) is 3.10. The van der Waals surface area contributed by atoms with Crippen LogP contribution >= 0.6 is 0 Å². The Morgan fingerprint density at radius 1 is 1.62 bits per heavy atom. The van der Waals surface area contributed by atoms with Crippen molar-refractivity contribution in [1.29, 1.82) is 0 Å². The van der Waals surface area contributed by atoms with Gasteiger partial charge in [0, 0.05) is 31.9 Å². The van der Waals surface area contributed by atoms with E-state index in [2.05, 4.69) is 10.3 Å². The molecule has 0 saturated heterocycles. The Labute approximate surface area is 95.5 Å². The number of imidazole rings is 1. The molecule has 0 aliphatic heterocycles. The van der Waals surface area contributed by atoms with Crippen molar-refractivity contribution in [2.75, 3.05) is 6.54 Å². The van der Waals surface area contributed by atoms with Crippen LogP contribution in [0.25, 0.3) is 0 Å². The molecule has 1 heterocycles. The van der Waals surface area contributed by atoms with Crippen molar-refractivity contribution in [3.05, 3.63) is 18.7 Å². The zero-order chi connectivity index (χ0) is 11.8. The van der Waals surface area contributed by atoms with Gasteiger partial charge in [-0.1, -0.05) is 6.92 Å². The molecular formula is C11H19N3O2. The van der Waals surface area contributed by atoms with Crippen LogP contribution < -0.4 is 5.32 Å². The summed E-state index contributed by atoms with van der Waals surface area (Å²) in [5.41, 5.74) is 0. The lowest BCUT2D eigenvalue weighted by Gasteiger charge is -2.08. The summed E-state index contributed by atoms with van der Waals surface area (Å²) >= 11 is 0. The summed E-state index contributed by atoms with van der Waals surface area (Å²) in [6, 6.07) is 0. The Kier molecular flexibility index (Phi) is 5.56. The van der Waals surface area contributed by atoms with Crippen LogP contribution in [0.3, 0.4) is 0 Å². The van der Waals surface area contributed by atoms with E-state index in [1.54, 1.807) is 12.5 Å². The highest BCUT2D eigenvalue weighted by atomic mass is 16.3. The predicted octanol–water partition coefficient (Wildman–Crippen LogP) is 0.550. The summed E-state index contributed by atoms with van der Waals surface area (Å²) in [6.07, 6.45) is 6.68. The Balaban J connectivity index is 2.07. The summed E-state index contributed by atoms with van der Waals surface area (Å²) in [7, 11) is 0. The van der Waals surface area contributed by atoms with E-state index in [0.29, 0.717) is 25.9 Å². The van der Waals surface area contributed by atoms with Crippen LogP contribution in [0.2, 0.25) is 0 Å². The first-order valence-corrected chi connectivity index (χ1v) is 5.63. The van der Waals surface area contributed by atoms with Gasteiger partial charge in [-0.05, 0) is 12.8 Å². The van der Waals surface area contributed by atoms with Crippen molar-refractivity contribution < 1.29 is 9.90 Å². The average molecular weight is 225 g/mol. The zero-order valence-electron chi connectivity index (χ0n) is 9.59. The Morgan fingerprint density at radius 2 is 2.44 bits per heavy atom. The molecule has 2 N–H and O–H groups in total. The lowest BCUT2D eigenvalue weighted by atomic mass is 10.2. The number of carbonyl (C=O) groups excluding carboxylic acids is 1. The molecule has 0 aromatic carbocycles. The van der Waals surface area contributed by atoms with Gasteiger partial charge < -0.3 is 15.0 Å². The monoisotopic (exact) mass is 225 g/mol. The molecule has 1 aromatic heterocycles. The van der Waals surface area contributed by atoms with Gasteiger partial charge in [0.05, 0.1) is 12.4 Å². The molecule has 5 heteroatoms. The predicted molar refractivity (Wildman–Crippen MR) is 60.8 cm³/mol. The average Bonchev–Trinajstić information content (AvgIpc) is 2.79. The lowest BCUT2D eigenvalue weighted by molar-refractivity contribution is -0.121. The molecule has 0 aliphatic rings. The van der Waals surface area contributed by atoms with Gasteiger partial charge in [-0.25, -0.2) is 4.98 Å². The highest BCUT2D eigenvalue weighted by Crippen LogP contribution is 1.95. The number of aliphatic hydroxyl groups is 1. The SMILES string of the molecule is CCC(O)CCNC(=O)CCn1ccnc1. The lowest BCUT2D eigenvalue weighted by Crippen LogP contribution is -2.27. The van der Waals surface area contributed by atoms with Gasteiger partial charge in [0.2, 0.25) is 5.91 Å². The molecule has 5 nitrogen and oxygen atoms in total. The number of nitrogens with one attached hydrogen (secondary N) is 1. The van der Waals surface area contributed by atoms with Crippen molar-refractivity contribution in [2.24, 2.45) is 0 Å². The molecule has 1 unspecified atom stereocenters. The van der Waals surface area contributed by atoms with E-state index in [4.69, 9.17) is 0 Å². The largest absolute Gasteiger partial charge is 0.393 e. The van der Waals surface area contributed by atoms with Crippen LogP contribution in [0.4, 0.5) is 0 Å². The quantitative estimate of drug-likeness (QED) is 0.712. The molecule has 1 rings (SSSR count). The van der Waals surface area contributed by atoms with Gasteiger partial charge >= 0.3 is 0 Å². The minimum absolute atomic E-state index is 0.0111. The Hall–Kier alpha value is -1.36. The third-order valence-electron chi connectivity index (χ3n) is 2.43. The fraction of sp³-hybridized carbons (Fsp3) is 0.636. The number of rotatable bonds is 7. The van der Waals surface area contributed by atoms with E-state index in [-0.39, 0.29) is 12.0 Å². The first-order valence-electron chi connectivity index (χ1n) is 5.63. The normalized spacial score (nSPS) is 12.4. The standard InChI is InChI=1S/C11H19N3O2/c1-2-10(15)3-5-13-11(16)4-7-14-8-6-12-9-14/h6,8-10,15H,2-5,7H2,1H3,(H,13,16). The number of aliphatic hydroxyl groups excluding tert-OH is 1. The molecule has 1 atom stereocenters. The van der Waals surface area contributed by atoms with Gasteiger partial charge in [0.15, 0.2) is 0 Å². The maximum absolute atomic E-state index is 11.4. The number of nitrogens with zero attached hydrogens (tertiary/aromatic N) is 2. The first kappa shape index (κ1) is 12.7. The first-order chi connectivity index (χ1) is 7.72. The molecule has 90 valence electrons. The third-order valence-corrected chi connectivity index (χ3v) is 2.43. The van der Waals surface area contributed by atoms with Crippen molar-refractivity contribution in [3.63, 3.8) is 0 Å². The molecule has 0 saturated carbocycles. The van der Waals surface area contributed by atoms with Crippen LogP contribution in [-0.4, -0.2) is 33.2 Å². The number of hydrogen-bond acceptors (Lipinski definition) is 3. The summed E-state index contributed by atoms with van der Waals surface area (Å²) in [5.74, 6) is 0.0111. The second kappa shape index (κ2) is 7.00. The van der Waals surface area contributed by atoms with E-state index in [9.17, 15) is 9.90 Å².